The van der Waals surface area contributed by atoms with Crippen molar-refractivity contribution in [1.82, 2.24) is 5.32 Å². The Balaban J connectivity index is 2.46. The molecule has 1 aromatic carbocycles. The van der Waals surface area contributed by atoms with Crippen molar-refractivity contribution in [3.63, 3.8) is 0 Å². The number of hydrogen-bond acceptors (Lipinski definition) is 2. The highest BCUT2D eigenvalue weighted by atomic mass is 79.9. The molecule has 0 spiro atoms. The highest BCUT2D eigenvalue weighted by Gasteiger charge is 2.11. The lowest BCUT2D eigenvalue weighted by atomic mass is 9.99. The summed E-state index contributed by atoms with van der Waals surface area (Å²) in [5, 5.41) is 3.44. The van der Waals surface area contributed by atoms with E-state index in [1.165, 1.54) is 50.5 Å². The second-order valence-electron chi connectivity index (χ2n) is 5.52. The third-order valence-electron chi connectivity index (χ3n) is 3.85. The summed E-state index contributed by atoms with van der Waals surface area (Å²) in [5.74, 6) is 0.927. The molecule has 3 heteroatoms. The zero-order valence-electron chi connectivity index (χ0n) is 13.8. The third kappa shape index (κ3) is 6.84. The first kappa shape index (κ1) is 18.5. The second kappa shape index (κ2) is 11.1. The van der Waals surface area contributed by atoms with Crippen molar-refractivity contribution in [2.45, 2.75) is 64.8 Å². The van der Waals surface area contributed by atoms with E-state index in [0.717, 1.165) is 10.2 Å². The Hall–Kier alpha value is -0.540. The van der Waals surface area contributed by atoms with Gasteiger partial charge in [0.15, 0.2) is 0 Å². The molecule has 0 heterocycles. The van der Waals surface area contributed by atoms with Gasteiger partial charge in [-0.3, -0.25) is 0 Å². The quantitative estimate of drug-likeness (QED) is 0.502. The van der Waals surface area contributed by atoms with E-state index in [0.29, 0.717) is 12.6 Å². The molecule has 1 unspecified atom stereocenters. The van der Waals surface area contributed by atoms with Crippen molar-refractivity contribution in [2.75, 3.05) is 13.7 Å². The minimum atomic E-state index is 0.433. The van der Waals surface area contributed by atoms with Gasteiger partial charge >= 0.3 is 0 Å². The largest absolute Gasteiger partial charge is 0.493 e. The van der Waals surface area contributed by atoms with E-state index >= 15 is 0 Å². The minimum absolute atomic E-state index is 0.433. The maximum atomic E-state index is 5.57. The second-order valence-corrected chi connectivity index (χ2v) is 6.37. The molecule has 120 valence electrons. The van der Waals surface area contributed by atoms with E-state index in [1.54, 1.807) is 0 Å². The molecular formula is C18H30BrNO. The van der Waals surface area contributed by atoms with Crippen molar-refractivity contribution >= 4 is 15.9 Å². The van der Waals surface area contributed by atoms with Crippen molar-refractivity contribution in [3.05, 3.63) is 28.2 Å². The molecule has 1 rings (SSSR count). The van der Waals surface area contributed by atoms with E-state index in [4.69, 9.17) is 4.74 Å². The van der Waals surface area contributed by atoms with Crippen LogP contribution in [0.1, 0.15) is 70.4 Å². The Bertz CT molecular complexity index is 395. The van der Waals surface area contributed by atoms with E-state index in [9.17, 15) is 0 Å². The lowest BCUT2D eigenvalue weighted by molar-refractivity contribution is 0.338. The van der Waals surface area contributed by atoms with Gasteiger partial charge in [0.25, 0.3) is 0 Å². The molecule has 0 aromatic heterocycles. The molecule has 0 radical (unpaired) electrons. The van der Waals surface area contributed by atoms with Gasteiger partial charge in [-0.25, -0.2) is 0 Å². The number of halogens is 1. The number of nitrogens with one attached hydrogen (secondary N) is 1. The maximum absolute atomic E-state index is 5.57. The molecule has 0 saturated carbocycles. The predicted molar refractivity (Wildman–Crippen MR) is 95.1 cm³/mol. The van der Waals surface area contributed by atoms with Gasteiger partial charge < -0.3 is 10.1 Å². The average molecular weight is 356 g/mol. The van der Waals surface area contributed by atoms with Crippen molar-refractivity contribution in [3.8, 4) is 5.75 Å². The lowest BCUT2D eigenvalue weighted by Gasteiger charge is -2.18. The molecule has 0 amide bonds. The van der Waals surface area contributed by atoms with Crippen LogP contribution in [0.15, 0.2) is 22.7 Å². The highest BCUT2D eigenvalue weighted by Crippen LogP contribution is 2.30. The van der Waals surface area contributed by atoms with Gasteiger partial charge in [0.2, 0.25) is 0 Å². The summed E-state index contributed by atoms with van der Waals surface area (Å²) >= 11 is 3.60. The summed E-state index contributed by atoms with van der Waals surface area (Å²) < 4.78 is 6.62. The van der Waals surface area contributed by atoms with Crippen LogP contribution in [0.25, 0.3) is 0 Å². The van der Waals surface area contributed by atoms with Crippen LogP contribution in [0.4, 0.5) is 0 Å². The fourth-order valence-electron chi connectivity index (χ4n) is 2.61. The van der Waals surface area contributed by atoms with Crippen LogP contribution in [0, 0.1) is 0 Å². The molecule has 21 heavy (non-hydrogen) atoms. The normalized spacial score (nSPS) is 12.4. The predicted octanol–water partition coefficient (Wildman–Crippen LogP) is 5.86. The standard InChI is InChI=1S/C18H30BrNO/c1-4-6-7-8-9-10-11-17(20-3)15-12-13-18(21-5-2)16(19)14-15/h12-14,17,20H,4-11H2,1-3H3. The Labute approximate surface area is 138 Å². The number of hydrogen-bond donors (Lipinski definition) is 1. The number of rotatable bonds is 11. The molecule has 2 nitrogen and oxygen atoms in total. The fraction of sp³-hybridized carbons (Fsp3) is 0.667. The van der Waals surface area contributed by atoms with Crippen molar-refractivity contribution in [1.29, 1.82) is 0 Å². The highest BCUT2D eigenvalue weighted by molar-refractivity contribution is 9.10. The summed E-state index contributed by atoms with van der Waals surface area (Å²) in [5.41, 5.74) is 1.33. The molecule has 1 atom stereocenters. The Morgan fingerprint density at radius 2 is 1.81 bits per heavy atom. The number of ether oxygens (including phenoxy) is 1. The van der Waals surface area contributed by atoms with E-state index in [2.05, 4.69) is 46.4 Å². The van der Waals surface area contributed by atoms with Crippen LogP contribution in [0.3, 0.4) is 0 Å². The first-order chi connectivity index (χ1) is 10.2. The molecule has 1 aromatic rings. The summed E-state index contributed by atoms with van der Waals surface area (Å²) in [4.78, 5) is 0. The Morgan fingerprint density at radius 1 is 1.10 bits per heavy atom. The zero-order valence-corrected chi connectivity index (χ0v) is 15.3. The number of benzene rings is 1. The minimum Gasteiger partial charge on any atom is -0.493 e. The fourth-order valence-corrected chi connectivity index (χ4v) is 3.12. The first-order valence-corrected chi connectivity index (χ1v) is 9.11. The van der Waals surface area contributed by atoms with Crippen LogP contribution in [0.2, 0.25) is 0 Å². The molecule has 0 saturated heterocycles. The molecule has 0 fully saturated rings. The lowest BCUT2D eigenvalue weighted by Crippen LogP contribution is -2.16. The van der Waals surface area contributed by atoms with Gasteiger partial charge in [-0.05, 0) is 54.0 Å². The summed E-state index contributed by atoms with van der Waals surface area (Å²) in [6, 6.07) is 6.86. The van der Waals surface area contributed by atoms with E-state index in [1.807, 2.05) is 14.0 Å². The van der Waals surface area contributed by atoms with Crippen LogP contribution in [-0.2, 0) is 0 Å². The molecule has 0 aliphatic heterocycles. The molecule has 0 aliphatic carbocycles. The van der Waals surface area contributed by atoms with Crippen molar-refractivity contribution in [2.24, 2.45) is 0 Å². The molecule has 0 aliphatic rings. The molecule has 1 N–H and O–H groups in total. The maximum Gasteiger partial charge on any atom is 0.133 e. The van der Waals surface area contributed by atoms with Gasteiger partial charge in [-0.15, -0.1) is 0 Å². The third-order valence-corrected chi connectivity index (χ3v) is 4.47. The SMILES string of the molecule is CCCCCCCCC(NC)c1ccc(OCC)c(Br)c1. The van der Waals surface area contributed by atoms with Crippen LogP contribution < -0.4 is 10.1 Å². The average Bonchev–Trinajstić information content (AvgIpc) is 2.49. The van der Waals surface area contributed by atoms with Gasteiger partial charge in [0, 0.05) is 6.04 Å². The van der Waals surface area contributed by atoms with Gasteiger partial charge in [0.05, 0.1) is 11.1 Å². The van der Waals surface area contributed by atoms with Crippen molar-refractivity contribution < 1.29 is 4.74 Å². The van der Waals surface area contributed by atoms with Gasteiger partial charge in [-0.1, -0.05) is 51.5 Å². The monoisotopic (exact) mass is 355 g/mol. The topological polar surface area (TPSA) is 21.3 Å². The van der Waals surface area contributed by atoms with Gasteiger partial charge in [-0.2, -0.15) is 0 Å². The first-order valence-electron chi connectivity index (χ1n) is 8.32. The number of unbranched alkanes of at least 4 members (excludes halogenated alkanes) is 5. The zero-order chi connectivity index (χ0) is 15.5. The molecular weight excluding hydrogens is 326 g/mol. The summed E-state index contributed by atoms with van der Waals surface area (Å²) in [7, 11) is 2.05. The van der Waals surface area contributed by atoms with Crippen LogP contribution >= 0.6 is 15.9 Å². The molecule has 0 bridgehead atoms. The van der Waals surface area contributed by atoms with E-state index in [-0.39, 0.29) is 0 Å². The van der Waals surface area contributed by atoms with E-state index < -0.39 is 0 Å². The summed E-state index contributed by atoms with van der Waals surface area (Å²) in [6.45, 7) is 4.97. The Morgan fingerprint density at radius 3 is 2.43 bits per heavy atom. The smallest absolute Gasteiger partial charge is 0.133 e. The van der Waals surface area contributed by atoms with Crippen LogP contribution in [0.5, 0.6) is 5.75 Å². The van der Waals surface area contributed by atoms with Crippen LogP contribution in [-0.4, -0.2) is 13.7 Å². The summed E-state index contributed by atoms with van der Waals surface area (Å²) in [6.07, 6.45) is 9.28. The van der Waals surface area contributed by atoms with Gasteiger partial charge in [0.1, 0.15) is 5.75 Å². The Kier molecular flexibility index (Phi) is 9.77.